The molecule has 23 heavy (non-hydrogen) atoms. The Morgan fingerprint density at radius 3 is 2.39 bits per heavy atom. The highest BCUT2D eigenvalue weighted by Crippen LogP contribution is 2.03. The molecule has 0 bridgehead atoms. The number of hydrogen-bond donors (Lipinski definition) is 2. The molecule has 0 radical (unpaired) electrons. The van der Waals surface area contributed by atoms with E-state index in [9.17, 15) is 0 Å². The Balaban J connectivity index is 0.00000264. The van der Waals surface area contributed by atoms with Crippen LogP contribution in [0.3, 0.4) is 0 Å². The molecule has 0 aromatic carbocycles. The Morgan fingerprint density at radius 1 is 1.13 bits per heavy atom. The van der Waals surface area contributed by atoms with Crippen LogP contribution in [0.4, 0.5) is 0 Å². The van der Waals surface area contributed by atoms with Gasteiger partial charge >= 0.3 is 0 Å². The van der Waals surface area contributed by atoms with Gasteiger partial charge in [-0.05, 0) is 26.1 Å². The summed E-state index contributed by atoms with van der Waals surface area (Å²) in [4.78, 5) is 9.22. The van der Waals surface area contributed by atoms with Crippen molar-refractivity contribution >= 4 is 29.9 Å². The summed E-state index contributed by atoms with van der Waals surface area (Å²) in [5, 5.41) is 6.80. The van der Waals surface area contributed by atoms with Crippen LogP contribution in [-0.4, -0.2) is 79.7 Å². The summed E-state index contributed by atoms with van der Waals surface area (Å²) >= 11 is 0. The summed E-state index contributed by atoms with van der Waals surface area (Å²) in [6.07, 6.45) is 4.15. The molecule has 0 aliphatic carbocycles. The Labute approximate surface area is 157 Å². The molecule has 1 unspecified atom stereocenters. The molecule has 0 saturated carbocycles. The van der Waals surface area contributed by atoms with Crippen LogP contribution in [0.2, 0.25) is 0 Å². The van der Waals surface area contributed by atoms with E-state index in [0.29, 0.717) is 6.04 Å². The summed E-state index contributed by atoms with van der Waals surface area (Å²) in [5.74, 6) is 0.883. The van der Waals surface area contributed by atoms with Crippen LogP contribution in [-0.2, 0) is 6.54 Å². The van der Waals surface area contributed by atoms with Gasteiger partial charge in [0.15, 0.2) is 5.96 Å². The zero-order valence-electron chi connectivity index (χ0n) is 14.5. The van der Waals surface area contributed by atoms with Gasteiger partial charge < -0.3 is 20.1 Å². The standard InChI is InChI=1S/C16H30N6.HI/c1-15(22-12-10-20(3)11-13-22)14-19-16(17-2)18-6-9-21-7-4-5-8-21;/h4-5,7-8,15H,6,9-14H2,1-3H3,(H2,17,18,19);1H. The number of aliphatic imine (C=N–C) groups is 1. The molecular formula is C16H31IN6. The highest BCUT2D eigenvalue weighted by molar-refractivity contribution is 14.0. The molecule has 132 valence electrons. The third-order valence-electron chi connectivity index (χ3n) is 4.28. The lowest BCUT2D eigenvalue weighted by molar-refractivity contribution is 0.120. The maximum Gasteiger partial charge on any atom is 0.191 e. The van der Waals surface area contributed by atoms with Crippen molar-refractivity contribution in [3.8, 4) is 0 Å². The number of guanidine groups is 1. The van der Waals surface area contributed by atoms with E-state index in [1.165, 1.54) is 0 Å². The Morgan fingerprint density at radius 2 is 1.78 bits per heavy atom. The average molecular weight is 434 g/mol. The Bertz CT molecular complexity index is 439. The lowest BCUT2D eigenvalue weighted by atomic mass is 10.2. The van der Waals surface area contributed by atoms with Crippen molar-refractivity contribution in [3.05, 3.63) is 24.5 Å². The Kier molecular flexibility index (Phi) is 9.57. The van der Waals surface area contributed by atoms with Crippen LogP contribution < -0.4 is 10.6 Å². The second-order valence-corrected chi connectivity index (χ2v) is 5.99. The summed E-state index contributed by atoms with van der Waals surface area (Å²) in [7, 11) is 4.02. The number of rotatable bonds is 6. The third-order valence-corrected chi connectivity index (χ3v) is 4.28. The van der Waals surface area contributed by atoms with E-state index in [0.717, 1.165) is 51.8 Å². The van der Waals surface area contributed by atoms with Gasteiger partial charge in [0.1, 0.15) is 0 Å². The number of piperazine rings is 1. The number of hydrogen-bond acceptors (Lipinski definition) is 3. The highest BCUT2D eigenvalue weighted by Gasteiger charge is 2.18. The first-order valence-electron chi connectivity index (χ1n) is 8.17. The zero-order chi connectivity index (χ0) is 15.8. The van der Waals surface area contributed by atoms with E-state index in [4.69, 9.17) is 0 Å². The van der Waals surface area contributed by atoms with Crippen LogP contribution in [0.15, 0.2) is 29.5 Å². The Hall–Kier alpha value is -0.800. The van der Waals surface area contributed by atoms with Gasteiger partial charge in [-0.15, -0.1) is 24.0 Å². The van der Waals surface area contributed by atoms with Crippen molar-refractivity contribution in [2.24, 2.45) is 4.99 Å². The van der Waals surface area contributed by atoms with E-state index >= 15 is 0 Å². The number of nitrogens with one attached hydrogen (secondary N) is 2. The number of halogens is 1. The molecule has 2 rings (SSSR count). The molecule has 6 nitrogen and oxygen atoms in total. The van der Waals surface area contributed by atoms with Gasteiger partial charge in [-0.3, -0.25) is 9.89 Å². The molecule has 1 aliphatic rings. The van der Waals surface area contributed by atoms with Crippen molar-refractivity contribution in [1.82, 2.24) is 25.0 Å². The summed E-state index contributed by atoms with van der Waals surface area (Å²) < 4.78 is 2.16. The molecule has 1 aromatic heterocycles. The zero-order valence-corrected chi connectivity index (χ0v) is 16.9. The first-order valence-corrected chi connectivity index (χ1v) is 8.17. The van der Waals surface area contributed by atoms with E-state index in [-0.39, 0.29) is 24.0 Å². The van der Waals surface area contributed by atoms with Gasteiger partial charge in [-0.25, -0.2) is 0 Å². The predicted molar refractivity (Wildman–Crippen MR) is 108 cm³/mol. The molecule has 7 heteroatoms. The largest absolute Gasteiger partial charge is 0.355 e. The van der Waals surface area contributed by atoms with Crippen LogP contribution >= 0.6 is 24.0 Å². The normalized spacial score (nSPS) is 18.3. The molecule has 1 aromatic rings. The smallest absolute Gasteiger partial charge is 0.191 e. The van der Waals surface area contributed by atoms with Crippen molar-refractivity contribution in [2.75, 3.05) is 53.4 Å². The molecule has 1 saturated heterocycles. The number of likely N-dealkylation sites (N-methyl/N-ethyl adjacent to an activating group) is 1. The van der Waals surface area contributed by atoms with Gasteiger partial charge in [0, 0.05) is 71.3 Å². The van der Waals surface area contributed by atoms with E-state index in [1.54, 1.807) is 0 Å². The predicted octanol–water partition coefficient (Wildman–Crippen LogP) is 0.907. The second-order valence-electron chi connectivity index (χ2n) is 5.99. The molecule has 0 spiro atoms. The van der Waals surface area contributed by atoms with Crippen molar-refractivity contribution in [1.29, 1.82) is 0 Å². The molecule has 0 amide bonds. The fraction of sp³-hybridized carbons (Fsp3) is 0.688. The minimum atomic E-state index is 0. The average Bonchev–Trinajstić information content (AvgIpc) is 3.04. The van der Waals surface area contributed by atoms with Crippen LogP contribution in [0.5, 0.6) is 0 Å². The first-order chi connectivity index (χ1) is 10.7. The van der Waals surface area contributed by atoms with E-state index in [1.807, 2.05) is 19.2 Å². The minimum Gasteiger partial charge on any atom is -0.355 e. The molecule has 1 atom stereocenters. The monoisotopic (exact) mass is 434 g/mol. The van der Waals surface area contributed by atoms with Gasteiger partial charge in [0.05, 0.1) is 0 Å². The first kappa shape index (κ1) is 20.2. The maximum atomic E-state index is 4.29. The molecule has 2 N–H and O–H groups in total. The van der Waals surface area contributed by atoms with Gasteiger partial charge in [-0.1, -0.05) is 0 Å². The molecule has 2 heterocycles. The van der Waals surface area contributed by atoms with Crippen LogP contribution in [0, 0.1) is 0 Å². The fourth-order valence-electron chi connectivity index (χ4n) is 2.68. The topological polar surface area (TPSA) is 47.8 Å². The summed E-state index contributed by atoms with van der Waals surface area (Å²) in [5.41, 5.74) is 0. The maximum absolute atomic E-state index is 4.29. The summed E-state index contributed by atoms with van der Waals surface area (Å²) in [6, 6.07) is 4.62. The van der Waals surface area contributed by atoms with Crippen molar-refractivity contribution in [3.63, 3.8) is 0 Å². The third kappa shape index (κ3) is 7.09. The molecule has 1 aliphatic heterocycles. The number of aromatic nitrogens is 1. The fourth-order valence-corrected chi connectivity index (χ4v) is 2.68. The highest BCUT2D eigenvalue weighted by atomic mass is 127. The second kappa shape index (κ2) is 10.9. The SMILES string of the molecule is CN=C(NCCn1cccc1)NCC(C)N1CCN(C)CC1.I. The quantitative estimate of drug-likeness (QED) is 0.397. The summed E-state index contributed by atoms with van der Waals surface area (Å²) in [6.45, 7) is 9.65. The van der Waals surface area contributed by atoms with Gasteiger partial charge in [0.25, 0.3) is 0 Å². The van der Waals surface area contributed by atoms with Crippen molar-refractivity contribution in [2.45, 2.75) is 19.5 Å². The lowest BCUT2D eigenvalue weighted by Gasteiger charge is -2.36. The van der Waals surface area contributed by atoms with Gasteiger partial charge in [0.2, 0.25) is 0 Å². The van der Waals surface area contributed by atoms with Crippen LogP contribution in [0.25, 0.3) is 0 Å². The lowest BCUT2D eigenvalue weighted by Crippen LogP contribution is -2.52. The molecule has 1 fully saturated rings. The van der Waals surface area contributed by atoms with Gasteiger partial charge in [-0.2, -0.15) is 0 Å². The van der Waals surface area contributed by atoms with E-state index in [2.05, 4.69) is 56.4 Å². The van der Waals surface area contributed by atoms with E-state index < -0.39 is 0 Å². The minimum absolute atomic E-state index is 0. The van der Waals surface area contributed by atoms with Crippen molar-refractivity contribution < 1.29 is 0 Å². The number of nitrogens with zero attached hydrogens (tertiary/aromatic N) is 4. The van der Waals surface area contributed by atoms with Crippen LogP contribution in [0.1, 0.15) is 6.92 Å². The molecular weight excluding hydrogens is 403 g/mol.